The molecule has 0 unspecified atom stereocenters. The minimum absolute atomic E-state index is 0.0592. The van der Waals surface area contributed by atoms with Gasteiger partial charge in [0.25, 0.3) is 0 Å². The highest BCUT2D eigenvalue weighted by Crippen LogP contribution is 2.21. The monoisotopic (exact) mass is 439 g/mol. The summed E-state index contributed by atoms with van der Waals surface area (Å²) in [5.74, 6) is -3.49. The van der Waals surface area contributed by atoms with Gasteiger partial charge in [-0.15, -0.1) is 0 Å². The molecule has 0 aromatic heterocycles. The summed E-state index contributed by atoms with van der Waals surface area (Å²) in [6, 6.07) is 10.5. The minimum atomic E-state index is -4.00. The highest BCUT2D eigenvalue weighted by Gasteiger charge is 2.30. The minimum Gasteiger partial charge on any atom is -0.357 e. The Labute approximate surface area is 174 Å². The molecule has 0 heterocycles. The molecule has 0 radical (unpaired) electrons. The van der Waals surface area contributed by atoms with Crippen LogP contribution in [0.1, 0.15) is 12.5 Å². The number of hydrogen-bond donors (Lipinski definition) is 1. The van der Waals surface area contributed by atoms with Crippen molar-refractivity contribution >= 4 is 27.5 Å². The molecule has 0 aliphatic heterocycles. The third-order valence-electron chi connectivity index (χ3n) is 4.48. The van der Waals surface area contributed by atoms with E-state index in [-0.39, 0.29) is 12.2 Å². The molecule has 2 aromatic carbocycles. The molecule has 0 fully saturated rings. The molecule has 0 aliphatic carbocycles. The maximum Gasteiger partial charge on any atom is 0.244 e. The first kappa shape index (κ1) is 23.3. The van der Waals surface area contributed by atoms with Crippen molar-refractivity contribution in [2.24, 2.45) is 0 Å². The molecule has 1 atom stereocenters. The molecule has 7 nitrogen and oxygen atoms in total. The Balaban J connectivity index is 2.38. The van der Waals surface area contributed by atoms with Gasteiger partial charge in [-0.25, -0.2) is 17.2 Å². The van der Waals surface area contributed by atoms with E-state index in [1.807, 2.05) is 0 Å². The van der Waals surface area contributed by atoms with Crippen LogP contribution in [-0.4, -0.2) is 51.0 Å². The number of benzene rings is 2. The lowest BCUT2D eigenvalue weighted by atomic mass is 10.1. The van der Waals surface area contributed by atoms with Gasteiger partial charge in [0.05, 0.1) is 11.9 Å². The predicted molar refractivity (Wildman–Crippen MR) is 109 cm³/mol. The number of rotatable bonds is 8. The molecule has 0 spiro atoms. The van der Waals surface area contributed by atoms with E-state index in [0.717, 1.165) is 24.0 Å². The second-order valence-electron chi connectivity index (χ2n) is 6.67. The van der Waals surface area contributed by atoms with Crippen molar-refractivity contribution in [3.05, 3.63) is 65.7 Å². The van der Waals surface area contributed by atoms with Gasteiger partial charge in [0.15, 0.2) is 11.6 Å². The third kappa shape index (κ3) is 5.76. The molecular weight excluding hydrogens is 416 g/mol. The van der Waals surface area contributed by atoms with Gasteiger partial charge in [0.2, 0.25) is 21.8 Å². The molecule has 1 N–H and O–H groups in total. The van der Waals surface area contributed by atoms with Crippen molar-refractivity contribution in [1.82, 2.24) is 10.2 Å². The molecule has 2 rings (SSSR count). The third-order valence-corrected chi connectivity index (χ3v) is 5.62. The van der Waals surface area contributed by atoms with Gasteiger partial charge >= 0.3 is 0 Å². The van der Waals surface area contributed by atoms with E-state index in [4.69, 9.17) is 0 Å². The van der Waals surface area contributed by atoms with Gasteiger partial charge in [-0.1, -0.05) is 30.3 Å². The largest absolute Gasteiger partial charge is 0.357 e. The highest BCUT2D eigenvalue weighted by atomic mass is 32.2. The Morgan fingerprint density at radius 1 is 1.07 bits per heavy atom. The average molecular weight is 439 g/mol. The van der Waals surface area contributed by atoms with E-state index >= 15 is 0 Å². The first-order chi connectivity index (χ1) is 14.0. The number of carbonyl (C=O) groups is 2. The van der Waals surface area contributed by atoms with Crippen LogP contribution in [0.4, 0.5) is 14.5 Å². The molecule has 0 bridgehead atoms. The van der Waals surface area contributed by atoms with Crippen molar-refractivity contribution in [2.45, 2.75) is 19.5 Å². The fraction of sp³-hybridized carbons (Fsp3) is 0.300. The van der Waals surface area contributed by atoms with Crippen LogP contribution in [0.5, 0.6) is 0 Å². The Morgan fingerprint density at radius 2 is 1.70 bits per heavy atom. The van der Waals surface area contributed by atoms with Crippen molar-refractivity contribution in [2.75, 3.05) is 24.2 Å². The van der Waals surface area contributed by atoms with Crippen molar-refractivity contribution in [3.63, 3.8) is 0 Å². The quantitative estimate of drug-likeness (QED) is 0.681. The van der Waals surface area contributed by atoms with Crippen LogP contribution >= 0.6 is 0 Å². The van der Waals surface area contributed by atoms with Crippen LogP contribution < -0.4 is 9.62 Å². The summed E-state index contributed by atoms with van der Waals surface area (Å²) in [4.78, 5) is 26.4. The second-order valence-corrected chi connectivity index (χ2v) is 8.57. The summed E-state index contributed by atoms with van der Waals surface area (Å²) < 4.78 is 52.1. The van der Waals surface area contributed by atoms with Crippen molar-refractivity contribution in [1.29, 1.82) is 0 Å². The number of anilines is 1. The fourth-order valence-electron chi connectivity index (χ4n) is 2.83. The summed E-state index contributed by atoms with van der Waals surface area (Å²) in [6.45, 7) is 0.893. The number of amides is 2. The SMILES string of the molecule is CNC(=O)[C@H](C)N(Cc1ccccc1)C(=O)CN(c1ccc(F)c(F)c1)S(C)(=O)=O. The smallest absolute Gasteiger partial charge is 0.244 e. The van der Waals surface area contributed by atoms with Crippen molar-refractivity contribution < 1.29 is 26.8 Å². The lowest BCUT2D eigenvalue weighted by Gasteiger charge is -2.31. The zero-order chi connectivity index (χ0) is 22.5. The van der Waals surface area contributed by atoms with E-state index in [2.05, 4.69) is 5.32 Å². The maximum absolute atomic E-state index is 13.6. The molecule has 0 saturated heterocycles. The van der Waals surface area contributed by atoms with Crippen LogP contribution in [0, 0.1) is 11.6 Å². The van der Waals surface area contributed by atoms with E-state index in [0.29, 0.717) is 10.4 Å². The zero-order valence-corrected chi connectivity index (χ0v) is 17.6. The normalized spacial score (nSPS) is 12.2. The van der Waals surface area contributed by atoms with Crippen molar-refractivity contribution in [3.8, 4) is 0 Å². The Morgan fingerprint density at radius 3 is 2.23 bits per heavy atom. The first-order valence-electron chi connectivity index (χ1n) is 9.02. The topological polar surface area (TPSA) is 86.8 Å². The molecule has 162 valence electrons. The summed E-state index contributed by atoms with van der Waals surface area (Å²) in [6.07, 6.45) is 0.852. The van der Waals surface area contributed by atoms with Crippen LogP contribution in [0.3, 0.4) is 0 Å². The molecule has 10 heteroatoms. The Hall–Kier alpha value is -3.01. The van der Waals surface area contributed by atoms with Gasteiger partial charge in [-0.3, -0.25) is 13.9 Å². The van der Waals surface area contributed by atoms with Gasteiger partial charge in [0.1, 0.15) is 12.6 Å². The Bertz CT molecular complexity index is 1020. The molecule has 0 aliphatic rings. The number of likely N-dealkylation sites (N-methyl/N-ethyl adjacent to an activating group) is 1. The number of nitrogens with zero attached hydrogens (tertiary/aromatic N) is 2. The van der Waals surface area contributed by atoms with Gasteiger partial charge in [0, 0.05) is 19.7 Å². The van der Waals surface area contributed by atoms with E-state index < -0.39 is 46.1 Å². The lowest BCUT2D eigenvalue weighted by Crippen LogP contribution is -2.50. The van der Waals surface area contributed by atoms with Crippen LogP contribution in [0.2, 0.25) is 0 Å². The van der Waals surface area contributed by atoms with E-state index in [9.17, 15) is 26.8 Å². The number of hydrogen-bond acceptors (Lipinski definition) is 4. The van der Waals surface area contributed by atoms with Gasteiger partial charge < -0.3 is 10.2 Å². The molecular formula is C20H23F2N3O4S. The molecule has 30 heavy (non-hydrogen) atoms. The predicted octanol–water partition coefficient (Wildman–Crippen LogP) is 1.89. The number of nitrogens with one attached hydrogen (secondary N) is 1. The molecule has 2 aromatic rings. The second kappa shape index (κ2) is 9.66. The van der Waals surface area contributed by atoms with Crippen LogP contribution in [0.25, 0.3) is 0 Å². The highest BCUT2D eigenvalue weighted by molar-refractivity contribution is 7.92. The summed E-state index contributed by atoms with van der Waals surface area (Å²) >= 11 is 0. The summed E-state index contributed by atoms with van der Waals surface area (Å²) in [7, 11) is -2.58. The zero-order valence-electron chi connectivity index (χ0n) is 16.8. The number of sulfonamides is 1. The molecule has 0 saturated carbocycles. The fourth-order valence-corrected chi connectivity index (χ4v) is 3.67. The standard InChI is InChI=1S/C20H23F2N3O4S/c1-14(20(27)23-2)24(12-15-7-5-4-6-8-15)19(26)13-25(30(3,28)29)16-9-10-17(21)18(22)11-16/h4-11,14H,12-13H2,1-3H3,(H,23,27)/t14-/m0/s1. The Kier molecular flexibility index (Phi) is 7.49. The van der Waals surface area contributed by atoms with Gasteiger partial charge in [-0.2, -0.15) is 0 Å². The summed E-state index contributed by atoms with van der Waals surface area (Å²) in [5.41, 5.74) is 0.539. The average Bonchev–Trinajstić information content (AvgIpc) is 2.71. The first-order valence-corrected chi connectivity index (χ1v) is 10.9. The van der Waals surface area contributed by atoms with Crippen LogP contribution in [-0.2, 0) is 26.2 Å². The van der Waals surface area contributed by atoms with E-state index in [1.54, 1.807) is 30.3 Å². The number of carbonyl (C=O) groups excluding carboxylic acids is 2. The molecule has 2 amide bonds. The van der Waals surface area contributed by atoms with Crippen LogP contribution in [0.15, 0.2) is 48.5 Å². The number of halogens is 2. The lowest BCUT2D eigenvalue weighted by molar-refractivity contribution is -0.139. The van der Waals surface area contributed by atoms with E-state index in [1.165, 1.54) is 18.9 Å². The maximum atomic E-state index is 13.6. The van der Waals surface area contributed by atoms with Gasteiger partial charge in [-0.05, 0) is 24.6 Å². The summed E-state index contributed by atoms with van der Waals surface area (Å²) in [5, 5.41) is 2.46.